The average molecular weight is 150 g/mol. The molecule has 1 aromatic heterocycles. The molecule has 0 aliphatic heterocycles. The number of aryl methyl sites for hydroxylation is 1. The molecule has 5 nitrogen and oxygen atoms in total. The first-order valence-electron chi connectivity index (χ1n) is 2.26. The van der Waals surface area contributed by atoms with Crippen LogP contribution in [0, 0.1) is 0 Å². The molecular weight excluding hydrogens is 142 g/mol. The van der Waals surface area contributed by atoms with Crippen LogP contribution >= 0.6 is 12.4 Å². The van der Waals surface area contributed by atoms with Gasteiger partial charge < -0.3 is 5.73 Å². The van der Waals surface area contributed by atoms with Crippen LogP contribution < -0.4 is 5.73 Å². The molecule has 0 aliphatic rings. The molecule has 0 atom stereocenters. The molecule has 6 heteroatoms. The van der Waals surface area contributed by atoms with Gasteiger partial charge in [0.1, 0.15) is 0 Å². The smallest absolute Gasteiger partial charge is 0.188 e. The van der Waals surface area contributed by atoms with E-state index >= 15 is 0 Å². The van der Waals surface area contributed by atoms with Crippen LogP contribution in [0.3, 0.4) is 0 Å². The Kier molecular flexibility index (Phi) is 3.11. The van der Waals surface area contributed by atoms with E-state index in [1.165, 1.54) is 4.80 Å². The Balaban J connectivity index is 0.000000640. The van der Waals surface area contributed by atoms with Crippen LogP contribution in [0.1, 0.15) is 5.82 Å². The number of hydrogen-bond acceptors (Lipinski definition) is 4. The molecular formula is C3H8ClN5. The molecule has 1 aromatic rings. The van der Waals surface area contributed by atoms with E-state index in [9.17, 15) is 0 Å². The molecule has 0 fully saturated rings. The van der Waals surface area contributed by atoms with Crippen LogP contribution in [0.5, 0.6) is 0 Å². The van der Waals surface area contributed by atoms with Gasteiger partial charge in [-0.3, -0.25) is 0 Å². The SMILES string of the molecule is Cl.Cn1nnc(CN)n1. The largest absolute Gasteiger partial charge is 0.324 e. The van der Waals surface area contributed by atoms with Gasteiger partial charge >= 0.3 is 0 Å². The Bertz CT molecular complexity index is 172. The predicted molar refractivity (Wildman–Crippen MR) is 33.9 cm³/mol. The van der Waals surface area contributed by atoms with E-state index in [0.717, 1.165) is 0 Å². The molecule has 1 heterocycles. The fourth-order valence-electron chi connectivity index (χ4n) is 0.405. The van der Waals surface area contributed by atoms with Crippen LogP contribution in [-0.4, -0.2) is 20.2 Å². The fourth-order valence-corrected chi connectivity index (χ4v) is 0.405. The molecule has 0 aliphatic carbocycles. The third kappa shape index (κ3) is 1.95. The highest BCUT2D eigenvalue weighted by Gasteiger charge is 1.92. The van der Waals surface area contributed by atoms with Crippen molar-refractivity contribution in [2.45, 2.75) is 6.54 Å². The maximum absolute atomic E-state index is 5.18. The van der Waals surface area contributed by atoms with Gasteiger partial charge in [0.2, 0.25) is 0 Å². The molecule has 2 N–H and O–H groups in total. The van der Waals surface area contributed by atoms with Crippen molar-refractivity contribution in [3.8, 4) is 0 Å². The van der Waals surface area contributed by atoms with Crippen molar-refractivity contribution in [3.63, 3.8) is 0 Å². The molecule has 0 spiro atoms. The summed E-state index contributed by atoms with van der Waals surface area (Å²) in [5.41, 5.74) is 5.18. The lowest BCUT2D eigenvalue weighted by Crippen LogP contribution is -1.99. The Morgan fingerprint density at radius 1 is 1.67 bits per heavy atom. The number of rotatable bonds is 1. The molecule has 0 bridgehead atoms. The summed E-state index contributed by atoms with van der Waals surface area (Å²) in [6.07, 6.45) is 0. The second-order valence-corrected chi connectivity index (χ2v) is 1.40. The second-order valence-electron chi connectivity index (χ2n) is 1.40. The van der Waals surface area contributed by atoms with Crippen molar-refractivity contribution < 1.29 is 0 Å². The minimum atomic E-state index is 0. The molecule has 0 saturated carbocycles. The third-order valence-corrected chi connectivity index (χ3v) is 0.732. The van der Waals surface area contributed by atoms with Gasteiger partial charge in [-0.15, -0.1) is 22.6 Å². The summed E-state index contributed by atoms with van der Waals surface area (Å²) in [7, 11) is 1.70. The molecule has 0 saturated heterocycles. The van der Waals surface area contributed by atoms with E-state index in [-0.39, 0.29) is 12.4 Å². The fraction of sp³-hybridized carbons (Fsp3) is 0.667. The lowest BCUT2D eigenvalue weighted by Gasteiger charge is -1.78. The highest BCUT2D eigenvalue weighted by molar-refractivity contribution is 5.85. The lowest BCUT2D eigenvalue weighted by molar-refractivity contribution is 0.627. The summed E-state index contributed by atoms with van der Waals surface area (Å²) in [6.45, 7) is 0.355. The number of aromatic nitrogens is 4. The maximum Gasteiger partial charge on any atom is 0.188 e. The van der Waals surface area contributed by atoms with Crippen molar-refractivity contribution in [1.82, 2.24) is 20.2 Å². The monoisotopic (exact) mass is 149 g/mol. The van der Waals surface area contributed by atoms with Crippen LogP contribution in [-0.2, 0) is 13.6 Å². The molecule has 0 unspecified atom stereocenters. The first-order chi connectivity index (χ1) is 3.83. The summed E-state index contributed by atoms with van der Waals surface area (Å²) >= 11 is 0. The Hall–Kier alpha value is -0.680. The van der Waals surface area contributed by atoms with Crippen molar-refractivity contribution in [2.24, 2.45) is 12.8 Å². The Morgan fingerprint density at radius 3 is 2.56 bits per heavy atom. The van der Waals surface area contributed by atoms with Gasteiger partial charge in [0, 0.05) is 0 Å². The second kappa shape index (κ2) is 3.37. The minimum absolute atomic E-state index is 0. The standard InChI is InChI=1S/C3H7N5.ClH/c1-8-6-3(2-4)5-7-8;/h2,4H2,1H3;1H. The van der Waals surface area contributed by atoms with E-state index in [4.69, 9.17) is 5.73 Å². The van der Waals surface area contributed by atoms with Crippen molar-refractivity contribution in [1.29, 1.82) is 0 Å². The molecule has 9 heavy (non-hydrogen) atoms. The molecule has 52 valence electrons. The topological polar surface area (TPSA) is 69.6 Å². The van der Waals surface area contributed by atoms with E-state index in [2.05, 4.69) is 15.4 Å². The van der Waals surface area contributed by atoms with Gasteiger partial charge in [0.05, 0.1) is 13.6 Å². The first kappa shape index (κ1) is 8.32. The maximum atomic E-state index is 5.18. The van der Waals surface area contributed by atoms with Gasteiger partial charge in [-0.2, -0.15) is 4.80 Å². The van der Waals surface area contributed by atoms with Crippen molar-refractivity contribution in [3.05, 3.63) is 5.82 Å². The average Bonchev–Trinajstić information content (AvgIpc) is 2.14. The summed E-state index contributed by atoms with van der Waals surface area (Å²) < 4.78 is 0. The third-order valence-electron chi connectivity index (χ3n) is 0.732. The number of tetrazole rings is 1. The van der Waals surface area contributed by atoms with Crippen LogP contribution in [0.4, 0.5) is 0 Å². The zero-order valence-corrected chi connectivity index (χ0v) is 5.80. The quantitative estimate of drug-likeness (QED) is 0.562. The van der Waals surface area contributed by atoms with Crippen molar-refractivity contribution in [2.75, 3.05) is 0 Å². The Labute approximate surface area is 58.6 Å². The van der Waals surface area contributed by atoms with Gasteiger partial charge in [-0.25, -0.2) is 0 Å². The van der Waals surface area contributed by atoms with E-state index in [1.54, 1.807) is 7.05 Å². The van der Waals surface area contributed by atoms with Crippen LogP contribution in [0.25, 0.3) is 0 Å². The molecule has 0 aromatic carbocycles. The lowest BCUT2D eigenvalue weighted by atomic mass is 10.7. The van der Waals surface area contributed by atoms with E-state index < -0.39 is 0 Å². The van der Waals surface area contributed by atoms with Gasteiger partial charge in [0.25, 0.3) is 0 Å². The molecule has 0 radical (unpaired) electrons. The van der Waals surface area contributed by atoms with Gasteiger partial charge in [0.15, 0.2) is 5.82 Å². The predicted octanol–water partition coefficient (Wildman–Crippen LogP) is -0.909. The van der Waals surface area contributed by atoms with Crippen LogP contribution in [0.15, 0.2) is 0 Å². The number of nitrogens with zero attached hydrogens (tertiary/aromatic N) is 4. The summed E-state index contributed by atoms with van der Waals surface area (Å²) in [6, 6.07) is 0. The zero-order chi connectivity index (χ0) is 5.98. The molecule has 1 rings (SSSR count). The summed E-state index contributed by atoms with van der Waals surface area (Å²) in [5, 5.41) is 11.0. The van der Waals surface area contributed by atoms with Gasteiger partial charge in [-0.05, 0) is 5.21 Å². The van der Waals surface area contributed by atoms with Gasteiger partial charge in [-0.1, -0.05) is 0 Å². The number of halogens is 1. The van der Waals surface area contributed by atoms with Crippen molar-refractivity contribution >= 4 is 12.4 Å². The number of nitrogens with two attached hydrogens (primary N) is 1. The van der Waals surface area contributed by atoms with E-state index in [0.29, 0.717) is 12.4 Å². The van der Waals surface area contributed by atoms with E-state index in [1.807, 2.05) is 0 Å². The first-order valence-corrected chi connectivity index (χ1v) is 2.26. The normalized spacial score (nSPS) is 8.67. The number of hydrogen-bond donors (Lipinski definition) is 1. The highest BCUT2D eigenvalue weighted by Crippen LogP contribution is 1.77. The zero-order valence-electron chi connectivity index (χ0n) is 4.98. The summed E-state index contributed by atoms with van der Waals surface area (Å²) in [4.78, 5) is 1.38. The summed E-state index contributed by atoms with van der Waals surface area (Å²) in [5.74, 6) is 0.576. The highest BCUT2D eigenvalue weighted by atomic mass is 35.5. The Morgan fingerprint density at radius 2 is 2.33 bits per heavy atom. The minimum Gasteiger partial charge on any atom is -0.324 e. The molecule has 0 amide bonds. The van der Waals surface area contributed by atoms with Crippen LogP contribution in [0.2, 0.25) is 0 Å².